The minimum Gasteiger partial charge on any atom is -0.497 e. The molecule has 0 amide bonds. The fraction of sp³-hybridized carbons (Fsp3) is 0.417. The third-order valence-corrected chi connectivity index (χ3v) is 6.21. The fourth-order valence-corrected chi connectivity index (χ4v) is 4.34. The van der Waals surface area contributed by atoms with Gasteiger partial charge in [-0.3, -0.25) is 19.5 Å². The second-order valence-electron chi connectivity index (χ2n) is 8.39. The van der Waals surface area contributed by atoms with Crippen LogP contribution in [0.1, 0.15) is 12.1 Å². The van der Waals surface area contributed by atoms with Crippen molar-refractivity contribution in [3.8, 4) is 17.2 Å². The Kier molecular flexibility index (Phi) is 6.41. The van der Waals surface area contributed by atoms with Crippen molar-refractivity contribution in [2.75, 3.05) is 40.0 Å². The number of pyridine rings is 1. The molecule has 2 aromatic heterocycles. The van der Waals surface area contributed by atoms with Crippen LogP contribution >= 0.6 is 0 Å². The largest absolute Gasteiger partial charge is 0.497 e. The number of aromatic nitrogens is 3. The average molecular weight is 466 g/mol. The van der Waals surface area contributed by atoms with E-state index in [1.165, 1.54) is 6.20 Å². The van der Waals surface area contributed by atoms with Crippen LogP contribution in [0.15, 0.2) is 41.5 Å². The molecule has 1 unspecified atom stereocenters. The maximum Gasteiger partial charge on any atom is 0.269 e. The lowest BCUT2D eigenvalue weighted by atomic mass is 10.0. The molecule has 10 nitrogen and oxygen atoms in total. The number of benzene rings is 1. The molecule has 4 heterocycles. The topological polar surface area (TPSA) is 108 Å². The maximum atomic E-state index is 12.8. The van der Waals surface area contributed by atoms with Gasteiger partial charge < -0.3 is 24.1 Å². The van der Waals surface area contributed by atoms with E-state index in [0.717, 1.165) is 23.3 Å². The molecule has 0 radical (unpaired) electrons. The van der Waals surface area contributed by atoms with E-state index in [4.69, 9.17) is 14.2 Å². The van der Waals surface area contributed by atoms with E-state index >= 15 is 0 Å². The molecule has 0 saturated carbocycles. The predicted octanol–water partition coefficient (Wildman–Crippen LogP) is 1.00. The van der Waals surface area contributed by atoms with E-state index in [0.29, 0.717) is 63.1 Å². The summed E-state index contributed by atoms with van der Waals surface area (Å²) in [4.78, 5) is 35.9. The third kappa shape index (κ3) is 4.73. The summed E-state index contributed by atoms with van der Waals surface area (Å²) >= 11 is 0. The van der Waals surface area contributed by atoms with Crippen molar-refractivity contribution in [1.29, 1.82) is 0 Å². The number of Topliss-reactive ketones (excluding diaryl/α,β-unsaturated/α-hetero) is 1. The van der Waals surface area contributed by atoms with Gasteiger partial charge in [0, 0.05) is 38.3 Å². The zero-order valence-corrected chi connectivity index (χ0v) is 19.0. The van der Waals surface area contributed by atoms with Gasteiger partial charge in [0.2, 0.25) is 0 Å². The van der Waals surface area contributed by atoms with Crippen LogP contribution in [0, 0.1) is 0 Å². The minimum atomic E-state index is -0.222. The molecule has 1 fully saturated rings. The Hall–Kier alpha value is -3.50. The number of nitrogens with zero attached hydrogens (tertiary/aromatic N) is 4. The van der Waals surface area contributed by atoms with Crippen LogP contribution in [-0.2, 0) is 17.9 Å². The standard InChI is InChI=1S/C24H27N5O5/c1-32-17-2-3-18-20(11-17)29(24(31)14-27-18)7-6-28-5-4-19(21(30)15-28)26-12-16-10-22-23(13-25-16)34-9-8-33-22/h2-3,10-11,13-14,19,26H,4-9,12,15H2,1H3. The van der Waals surface area contributed by atoms with E-state index in [-0.39, 0.29) is 17.4 Å². The van der Waals surface area contributed by atoms with Gasteiger partial charge in [-0.05, 0) is 18.6 Å². The van der Waals surface area contributed by atoms with Crippen molar-refractivity contribution in [2.45, 2.75) is 25.6 Å². The lowest BCUT2D eigenvalue weighted by molar-refractivity contribution is -0.124. The fourth-order valence-electron chi connectivity index (χ4n) is 4.34. The summed E-state index contributed by atoms with van der Waals surface area (Å²) in [5.74, 6) is 2.15. The quantitative estimate of drug-likeness (QED) is 0.547. The van der Waals surface area contributed by atoms with Crippen molar-refractivity contribution >= 4 is 16.8 Å². The monoisotopic (exact) mass is 465 g/mol. The highest BCUT2D eigenvalue weighted by Crippen LogP contribution is 2.29. The molecule has 1 aromatic carbocycles. The second-order valence-corrected chi connectivity index (χ2v) is 8.39. The first-order valence-corrected chi connectivity index (χ1v) is 11.4. The highest BCUT2D eigenvalue weighted by molar-refractivity contribution is 5.86. The molecule has 0 bridgehead atoms. The summed E-state index contributed by atoms with van der Waals surface area (Å²) in [5, 5.41) is 3.32. The number of hydrogen-bond donors (Lipinski definition) is 1. The number of likely N-dealkylation sites (tertiary alicyclic amines) is 1. The summed E-state index contributed by atoms with van der Waals surface area (Å²) in [6.07, 6.45) is 3.70. The van der Waals surface area contributed by atoms with Gasteiger partial charge in [-0.2, -0.15) is 0 Å². The van der Waals surface area contributed by atoms with Gasteiger partial charge in [0.1, 0.15) is 19.0 Å². The molecule has 3 aromatic rings. The number of nitrogens with one attached hydrogen (secondary N) is 1. The molecule has 10 heteroatoms. The highest BCUT2D eigenvalue weighted by atomic mass is 16.6. The highest BCUT2D eigenvalue weighted by Gasteiger charge is 2.27. The number of methoxy groups -OCH3 is 1. The second kappa shape index (κ2) is 9.78. The first kappa shape index (κ1) is 22.3. The summed E-state index contributed by atoms with van der Waals surface area (Å²) in [6, 6.07) is 7.10. The van der Waals surface area contributed by atoms with Gasteiger partial charge in [0.15, 0.2) is 17.3 Å². The molecule has 178 valence electrons. The van der Waals surface area contributed by atoms with Crippen molar-refractivity contribution < 1.29 is 19.0 Å². The van der Waals surface area contributed by atoms with Crippen molar-refractivity contribution in [1.82, 2.24) is 24.8 Å². The van der Waals surface area contributed by atoms with Gasteiger partial charge in [0.05, 0.1) is 48.8 Å². The van der Waals surface area contributed by atoms with Crippen molar-refractivity contribution in [2.24, 2.45) is 0 Å². The van der Waals surface area contributed by atoms with E-state index < -0.39 is 0 Å². The lowest BCUT2D eigenvalue weighted by Gasteiger charge is -2.31. The van der Waals surface area contributed by atoms with Gasteiger partial charge in [-0.15, -0.1) is 0 Å². The Balaban J connectivity index is 1.17. The van der Waals surface area contributed by atoms with Crippen molar-refractivity contribution in [3.05, 3.63) is 52.7 Å². The van der Waals surface area contributed by atoms with Crippen molar-refractivity contribution in [3.63, 3.8) is 0 Å². The summed E-state index contributed by atoms with van der Waals surface area (Å²) in [5.41, 5.74) is 2.09. The summed E-state index contributed by atoms with van der Waals surface area (Å²) in [7, 11) is 1.59. The Morgan fingerprint density at radius 2 is 1.94 bits per heavy atom. The van der Waals surface area contributed by atoms with E-state index in [1.54, 1.807) is 17.9 Å². The molecular formula is C24H27N5O5. The SMILES string of the molecule is COc1ccc2ncc(=O)n(CCN3CCC(NCc4cc5c(cn4)OCCO5)C(=O)C3)c2c1. The molecule has 0 aliphatic carbocycles. The van der Waals surface area contributed by atoms with Gasteiger partial charge >= 0.3 is 0 Å². The van der Waals surface area contributed by atoms with Gasteiger partial charge in [-0.1, -0.05) is 0 Å². The minimum absolute atomic E-state index is 0.136. The molecule has 1 atom stereocenters. The number of fused-ring (bicyclic) bond motifs is 2. The first-order valence-electron chi connectivity index (χ1n) is 11.4. The number of hydrogen-bond acceptors (Lipinski definition) is 9. The number of carbonyl (C=O) groups excluding carboxylic acids is 1. The Morgan fingerprint density at radius 3 is 2.76 bits per heavy atom. The Labute approximate surface area is 196 Å². The number of ketones is 1. The summed E-state index contributed by atoms with van der Waals surface area (Å²) in [6.45, 7) is 3.70. The predicted molar refractivity (Wildman–Crippen MR) is 124 cm³/mol. The summed E-state index contributed by atoms with van der Waals surface area (Å²) < 4.78 is 18.1. The number of ether oxygens (including phenoxy) is 3. The van der Waals surface area contributed by atoms with E-state index in [2.05, 4.69) is 20.2 Å². The van der Waals surface area contributed by atoms with Gasteiger partial charge in [0.25, 0.3) is 5.56 Å². The molecule has 2 aliphatic heterocycles. The van der Waals surface area contributed by atoms with Crippen LogP contribution in [0.5, 0.6) is 17.2 Å². The smallest absolute Gasteiger partial charge is 0.269 e. The van der Waals surface area contributed by atoms with Gasteiger partial charge in [-0.25, -0.2) is 4.98 Å². The average Bonchev–Trinajstić information content (AvgIpc) is 2.87. The normalized spacial score (nSPS) is 18.3. The molecule has 1 N–H and O–H groups in total. The van der Waals surface area contributed by atoms with E-state index in [9.17, 15) is 9.59 Å². The molecule has 34 heavy (non-hydrogen) atoms. The van der Waals surface area contributed by atoms with Crippen LogP contribution < -0.4 is 25.1 Å². The van der Waals surface area contributed by atoms with Crippen LogP contribution in [0.2, 0.25) is 0 Å². The van der Waals surface area contributed by atoms with Crippen LogP contribution in [0.4, 0.5) is 0 Å². The Morgan fingerprint density at radius 1 is 1.09 bits per heavy atom. The number of carbonyl (C=O) groups is 1. The molecule has 2 aliphatic rings. The molecular weight excluding hydrogens is 438 g/mol. The third-order valence-electron chi connectivity index (χ3n) is 6.21. The number of piperidine rings is 1. The molecule has 0 spiro atoms. The van der Waals surface area contributed by atoms with Crippen LogP contribution in [-0.4, -0.2) is 71.2 Å². The van der Waals surface area contributed by atoms with Crippen LogP contribution in [0.25, 0.3) is 11.0 Å². The van der Waals surface area contributed by atoms with E-state index in [1.807, 2.05) is 24.3 Å². The molecule has 5 rings (SSSR count). The zero-order chi connectivity index (χ0) is 23.5. The number of rotatable bonds is 7. The Bertz CT molecular complexity index is 1260. The maximum absolute atomic E-state index is 12.8. The molecule has 1 saturated heterocycles. The van der Waals surface area contributed by atoms with Crippen LogP contribution in [0.3, 0.4) is 0 Å². The first-order chi connectivity index (χ1) is 16.6. The lowest BCUT2D eigenvalue weighted by Crippen LogP contribution is -2.50. The zero-order valence-electron chi connectivity index (χ0n) is 19.0.